The summed E-state index contributed by atoms with van der Waals surface area (Å²) in [6.45, 7) is 12.3. The molecule has 1 aliphatic rings. The van der Waals surface area contributed by atoms with Gasteiger partial charge in [-0.15, -0.1) is 0 Å². The Labute approximate surface area is 113 Å². The van der Waals surface area contributed by atoms with Crippen LogP contribution in [0.1, 0.15) is 52.9 Å². The van der Waals surface area contributed by atoms with Gasteiger partial charge in [0.15, 0.2) is 0 Å². The Morgan fingerprint density at radius 3 is 2.78 bits per heavy atom. The van der Waals surface area contributed by atoms with Crippen LogP contribution in [0.15, 0.2) is 0 Å². The van der Waals surface area contributed by atoms with E-state index < -0.39 is 0 Å². The Morgan fingerprint density at radius 1 is 1.28 bits per heavy atom. The first-order chi connectivity index (χ1) is 8.81. The van der Waals surface area contributed by atoms with Crippen molar-refractivity contribution in [3.05, 3.63) is 0 Å². The van der Waals surface area contributed by atoms with Gasteiger partial charge in [-0.05, 0) is 45.2 Å². The van der Waals surface area contributed by atoms with Crippen LogP contribution in [0.5, 0.6) is 0 Å². The molecule has 1 saturated heterocycles. The number of ether oxygens (including phenoxy) is 1. The predicted octanol–water partition coefficient (Wildman–Crippen LogP) is 2.66. The van der Waals surface area contributed by atoms with E-state index in [4.69, 9.17) is 4.74 Å². The van der Waals surface area contributed by atoms with Crippen molar-refractivity contribution in [2.45, 2.75) is 65.0 Å². The van der Waals surface area contributed by atoms with E-state index in [-0.39, 0.29) is 0 Å². The summed E-state index contributed by atoms with van der Waals surface area (Å²) in [5.74, 6) is 0. The number of nitrogens with one attached hydrogen (secondary N) is 1. The van der Waals surface area contributed by atoms with Crippen molar-refractivity contribution >= 4 is 0 Å². The Kier molecular flexibility index (Phi) is 8.64. The third-order valence-corrected chi connectivity index (χ3v) is 3.76. The maximum atomic E-state index is 5.92. The lowest BCUT2D eigenvalue weighted by Crippen LogP contribution is -2.49. The van der Waals surface area contributed by atoms with Gasteiger partial charge >= 0.3 is 0 Å². The van der Waals surface area contributed by atoms with Crippen LogP contribution in [0.25, 0.3) is 0 Å². The number of nitrogens with zero attached hydrogens (tertiary/aromatic N) is 1. The fourth-order valence-electron chi connectivity index (χ4n) is 2.70. The third-order valence-electron chi connectivity index (χ3n) is 3.76. The lowest BCUT2D eigenvalue weighted by atomic mass is 10.0. The third kappa shape index (κ3) is 5.68. The van der Waals surface area contributed by atoms with Crippen LogP contribution in [-0.2, 0) is 4.74 Å². The highest BCUT2D eigenvalue weighted by atomic mass is 16.5. The van der Waals surface area contributed by atoms with Crippen molar-refractivity contribution in [2.75, 3.05) is 32.8 Å². The summed E-state index contributed by atoms with van der Waals surface area (Å²) in [5.41, 5.74) is 0. The van der Waals surface area contributed by atoms with E-state index in [1.165, 1.54) is 32.2 Å². The largest absolute Gasteiger partial charge is 0.377 e. The lowest BCUT2D eigenvalue weighted by molar-refractivity contribution is -0.0128. The minimum atomic E-state index is 0.471. The maximum Gasteiger partial charge on any atom is 0.0702 e. The topological polar surface area (TPSA) is 24.5 Å². The molecule has 1 heterocycles. The minimum absolute atomic E-state index is 0.471. The van der Waals surface area contributed by atoms with Gasteiger partial charge in [-0.1, -0.05) is 20.8 Å². The van der Waals surface area contributed by atoms with Crippen LogP contribution in [0.4, 0.5) is 0 Å². The SMILES string of the molecule is CCCNCC(CC)N1CCCC(OCCC)C1. The molecule has 0 aliphatic carbocycles. The Balaban J connectivity index is 2.32. The zero-order valence-corrected chi connectivity index (χ0v) is 12.6. The standard InChI is InChI=1S/C15H32N2O/c1-4-9-16-12-14(6-3)17-10-7-8-15(13-17)18-11-5-2/h14-16H,4-13H2,1-3H3. The van der Waals surface area contributed by atoms with Crippen molar-refractivity contribution in [2.24, 2.45) is 0 Å². The molecule has 0 aromatic carbocycles. The molecular weight excluding hydrogens is 224 g/mol. The zero-order valence-electron chi connectivity index (χ0n) is 12.6. The van der Waals surface area contributed by atoms with Gasteiger partial charge in [0.25, 0.3) is 0 Å². The zero-order chi connectivity index (χ0) is 13.2. The molecule has 1 fully saturated rings. The second-order valence-electron chi connectivity index (χ2n) is 5.40. The summed E-state index contributed by atoms with van der Waals surface area (Å²) in [6, 6.07) is 0.685. The second-order valence-corrected chi connectivity index (χ2v) is 5.40. The molecule has 2 unspecified atom stereocenters. The van der Waals surface area contributed by atoms with Gasteiger partial charge in [0.2, 0.25) is 0 Å². The summed E-state index contributed by atoms with van der Waals surface area (Å²) >= 11 is 0. The molecule has 0 aromatic heterocycles. The molecule has 1 N–H and O–H groups in total. The molecule has 0 radical (unpaired) electrons. The molecule has 18 heavy (non-hydrogen) atoms. The van der Waals surface area contributed by atoms with Gasteiger partial charge in [-0.2, -0.15) is 0 Å². The first-order valence-corrected chi connectivity index (χ1v) is 7.88. The lowest BCUT2D eigenvalue weighted by Gasteiger charge is -2.38. The highest BCUT2D eigenvalue weighted by Crippen LogP contribution is 2.17. The minimum Gasteiger partial charge on any atom is -0.377 e. The molecule has 0 aromatic rings. The van der Waals surface area contributed by atoms with E-state index in [1.54, 1.807) is 0 Å². The van der Waals surface area contributed by atoms with E-state index in [0.717, 1.165) is 32.7 Å². The predicted molar refractivity (Wildman–Crippen MR) is 78.1 cm³/mol. The van der Waals surface area contributed by atoms with Crippen molar-refractivity contribution in [1.82, 2.24) is 10.2 Å². The molecule has 108 valence electrons. The molecule has 2 atom stereocenters. The summed E-state index contributed by atoms with van der Waals surface area (Å²) in [5, 5.41) is 3.56. The Morgan fingerprint density at radius 2 is 2.11 bits per heavy atom. The van der Waals surface area contributed by atoms with Gasteiger partial charge in [-0.3, -0.25) is 4.90 Å². The van der Waals surface area contributed by atoms with E-state index in [2.05, 4.69) is 31.0 Å². The average molecular weight is 256 g/mol. The molecule has 1 rings (SSSR count). The van der Waals surface area contributed by atoms with Crippen LogP contribution < -0.4 is 5.32 Å². The molecular formula is C15H32N2O. The van der Waals surface area contributed by atoms with Crippen molar-refractivity contribution < 1.29 is 4.74 Å². The highest BCUT2D eigenvalue weighted by molar-refractivity contribution is 4.80. The van der Waals surface area contributed by atoms with Gasteiger partial charge in [0.1, 0.15) is 0 Å². The molecule has 0 bridgehead atoms. The summed E-state index contributed by atoms with van der Waals surface area (Å²) in [6.07, 6.45) is 6.59. The Hall–Kier alpha value is -0.120. The molecule has 0 amide bonds. The van der Waals surface area contributed by atoms with E-state index in [1.807, 2.05) is 0 Å². The fraction of sp³-hybridized carbons (Fsp3) is 1.00. The van der Waals surface area contributed by atoms with Crippen LogP contribution in [0.2, 0.25) is 0 Å². The first kappa shape index (κ1) is 15.9. The van der Waals surface area contributed by atoms with Gasteiger partial charge < -0.3 is 10.1 Å². The molecule has 1 aliphatic heterocycles. The number of hydrogen-bond acceptors (Lipinski definition) is 3. The maximum absolute atomic E-state index is 5.92. The fourth-order valence-corrected chi connectivity index (χ4v) is 2.70. The monoisotopic (exact) mass is 256 g/mol. The smallest absolute Gasteiger partial charge is 0.0702 e. The number of hydrogen-bond donors (Lipinski definition) is 1. The summed E-state index contributed by atoms with van der Waals surface area (Å²) in [7, 11) is 0. The number of rotatable bonds is 9. The van der Waals surface area contributed by atoms with E-state index >= 15 is 0 Å². The van der Waals surface area contributed by atoms with E-state index in [9.17, 15) is 0 Å². The van der Waals surface area contributed by atoms with Crippen LogP contribution in [0.3, 0.4) is 0 Å². The average Bonchev–Trinajstić information content (AvgIpc) is 2.42. The van der Waals surface area contributed by atoms with E-state index in [0.29, 0.717) is 12.1 Å². The molecule has 3 heteroatoms. The molecule has 0 saturated carbocycles. The second kappa shape index (κ2) is 9.76. The van der Waals surface area contributed by atoms with Crippen molar-refractivity contribution in [3.63, 3.8) is 0 Å². The highest BCUT2D eigenvalue weighted by Gasteiger charge is 2.24. The van der Waals surface area contributed by atoms with Crippen molar-refractivity contribution in [3.8, 4) is 0 Å². The van der Waals surface area contributed by atoms with Crippen LogP contribution >= 0.6 is 0 Å². The van der Waals surface area contributed by atoms with Gasteiger partial charge in [0, 0.05) is 25.7 Å². The van der Waals surface area contributed by atoms with Crippen molar-refractivity contribution in [1.29, 1.82) is 0 Å². The summed E-state index contributed by atoms with van der Waals surface area (Å²) in [4.78, 5) is 2.63. The summed E-state index contributed by atoms with van der Waals surface area (Å²) < 4.78 is 5.92. The first-order valence-electron chi connectivity index (χ1n) is 7.88. The van der Waals surface area contributed by atoms with Gasteiger partial charge in [-0.25, -0.2) is 0 Å². The molecule has 0 spiro atoms. The van der Waals surface area contributed by atoms with Crippen LogP contribution in [-0.4, -0.2) is 49.8 Å². The van der Waals surface area contributed by atoms with Gasteiger partial charge in [0.05, 0.1) is 6.10 Å². The Bertz CT molecular complexity index is 199. The molecule has 3 nitrogen and oxygen atoms in total. The quantitative estimate of drug-likeness (QED) is 0.642. The van der Waals surface area contributed by atoms with Crippen LogP contribution in [0, 0.1) is 0 Å². The normalized spacial score (nSPS) is 23.2. The number of piperidine rings is 1. The number of likely N-dealkylation sites (tertiary alicyclic amines) is 1.